The first kappa shape index (κ1) is 18.7. The molecule has 1 N–H and O–H groups in total. The third-order valence-corrected chi connectivity index (χ3v) is 5.04. The molecule has 2 heterocycles. The molecule has 0 spiro atoms. The van der Waals surface area contributed by atoms with Crippen molar-refractivity contribution in [1.82, 2.24) is 9.78 Å². The van der Waals surface area contributed by atoms with Gasteiger partial charge in [-0.25, -0.2) is 4.68 Å². The topological polar surface area (TPSA) is 70.5 Å². The Kier molecular flexibility index (Phi) is 4.54. The first-order valence-corrected chi connectivity index (χ1v) is 9.42. The van der Waals surface area contributed by atoms with Crippen LogP contribution >= 0.6 is 0 Å². The van der Waals surface area contributed by atoms with Crippen LogP contribution in [0.2, 0.25) is 0 Å². The minimum atomic E-state index is -0.242. The zero-order chi connectivity index (χ0) is 20.7. The molecule has 0 atom stereocenters. The summed E-state index contributed by atoms with van der Waals surface area (Å²) in [5, 5.41) is 8.87. The third kappa shape index (κ3) is 3.33. The number of aromatic amines is 1. The van der Waals surface area contributed by atoms with Crippen molar-refractivity contribution in [2.45, 2.75) is 27.7 Å². The average molecular weight is 386 g/mol. The first-order valence-electron chi connectivity index (χ1n) is 9.42. The highest BCUT2D eigenvalue weighted by atomic mass is 16.2. The summed E-state index contributed by atoms with van der Waals surface area (Å²) < 4.78 is 1.49. The summed E-state index contributed by atoms with van der Waals surface area (Å²) in [6.45, 7) is 7.58. The van der Waals surface area contributed by atoms with E-state index in [-0.39, 0.29) is 11.5 Å². The van der Waals surface area contributed by atoms with E-state index in [0.717, 1.165) is 16.8 Å². The number of H-pyrrole nitrogens is 1. The van der Waals surface area contributed by atoms with Crippen molar-refractivity contribution in [2.75, 3.05) is 5.01 Å². The van der Waals surface area contributed by atoms with Crippen molar-refractivity contribution in [3.05, 3.63) is 86.8 Å². The number of aromatic nitrogens is 2. The molecule has 29 heavy (non-hydrogen) atoms. The van der Waals surface area contributed by atoms with E-state index in [2.05, 4.69) is 10.2 Å². The van der Waals surface area contributed by atoms with Crippen LogP contribution in [-0.2, 0) is 4.79 Å². The molecule has 146 valence electrons. The van der Waals surface area contributed by atoms with Gasteiger partial charge in [-0.1, -0.05) is 35.4 Å². The van der Waals surface area contributed by atoms with E-state index in [1.54, 1.807) is 13.0 Å². The van der Waals surface area contributed by atoms with Crippen LogP contribution in [0.5, 0.6) is 0 Å². The molecule has 3 aromatic rings. The van der Waals surface area contributed by atoms with Crippen LogP contribution in [0.15, 0.2) is 64.0 Å². The van der Waals surface area contributed by atoms with E-state index in [1.165, 1.54) is 9.69 Å². The molecule has 0 saturated carbocycles. The van der Waals surface area contributed by atoms with E-state index < -0.39 is 0 Å². The highest BCUT2D eigenvalue weighted by Gasteiger charge is 2.29. The Bertz CT molecular complexity index is 1210. The monoisotopic (exact) mass is 386 g/mol. The van der Waals surface area contributed by atoms with Gasteiger partial charge in [0.2, 0.25) is 0 Å². The number of rotatable bonds is 3. The van der Waals surface area contributed by atoms with Gasteiger partial charge in [0.25, 0.3) is 11.5 Å². The fourth-order valence-corrected chi connectivity index (χ4v) is 3.29. The molecule has 1 aromatic heterocycles. The van der Waals surface area contributed by atoms with Crippen LogP contribution in [0.4, 0.5) is 5.69 Å². The lowest BCUT2D eigenvalue weighted by Crippen LogP contribution is -2.22. The number of aryl methyl sites for hydroxylation is 3. The SMILES string of the molecule is CC1=NN(c2ccc(C)cc2)C(=O)/C1=C\c1c(C)[nH]n(-c2ccc(C)cc2)c1=O. The van der Waals surface area contributed by atoms with Crippen molar-refractivity contribution in [1.29, 1.82) is 0 Å². The van der Waals surface area contributed by atoms with Crippen LogP contribution < -0.4 is 10.6 Å². The van der Waals surface area contributed by atoms with Gasteiger partial charge in [0.05, 0.1) is 28.2 Å². The molecule has 0 saturated heterocycles. The molecule has 1 aliphatic heterocycles. The van der Waals surface area contributed by atoms with Crippen molar-refractivity contribution in [3.63, 3.8) is 0 Å². The van der Waals surface area contributed by atoms with Crippen LogP contribution in [0.3, 0.4) is 0 Å². The number of nitrogens with one attached hydrogen (secondary N) is 1. The number of benzene rings is 2. The molecule has 6 heteroatoms. The van der Waals surface area contributed by atoms with Crippen molar-refractivity contribution < 1.29 is 4.79 Å². The molecule has 0 bridgehead atoms. The summed E-state index contributed by atoms with van der Waals surface area (Å²) in [6, 6.07) is 15.3. The van der Waals surface area contributed by atoms with Crippen molar-refractivity contribution in [3.8, 4) is 5.69 Å². The number of amides is 1. The second kappa shape index (κ2) is 7.05. The number of carbonyl (C=O) groups excluding carboxylic acids is 1. The largest absolute Gasteiger partial charge is 0.295 e. The fourth-order valence-electron chi connectivity index (χ4n) is 3.29. The molecular formula is C23H22N4O2. The zero-order valence-electron chi connectivity index (χ0n) is 16.9. The summed E-state index contributed by atoms with van der Waals surface area (Å²) >= 11 is 0. The molecule has 1 amide bonds. The predicted octanol–water partition coefficient (Wildman–Crippen LogP) is 3.90. The van der Waals surface area contributed by atoms with Gasteiger partial charge in [-0.2, -0.15) is 10.1 Å². The number of hydrogen-bond acceptors (Lipinski definition) is 3. The van der Waals surface area contributed by atoms with Gasteiger partial charge in [-0.3, -0.25) is 14.7 Å². The Morgan fingerprint density at radius 1 is 0.828 bits per heavy atom. The Morgan fingerprint density at radius 3 is 1.97 bits per heavy atom. The Morgan fingerprint density at radius 2 is 1.38 bits per heavy atom. The summed E-state index contributed by atoms with van der Waals surface area (Å²) in [7, 11) is 0. The van der Waals surface area contributed by atoms with E-state index in [0.29, 0.717) is 28.2 Å². The number of hydrogen-bond donors (Lipinski definition) is 1. The number of anilines is 1. The maximum Gasteiger partial charge on any atom is 0.280 e. The molecular weight excluding hydrogens is 364 g/mol. The molecule has 0 unspecified atom stereocenters. The zero-order valence-corrected chi connectivity index (χ0v) is 16.9. The van der Waals surface area contributed by atoms with Gasteiger partial charge in [0.1, 0.15) is 0 Å². The second-order valence-electron chi connectivity index (χ2n) is 7.32. The normalized spacial score (nSPS) is 15.3. The minimum absolute atomic E-state index is 0.201. The van der Waals surface area contributed by atoms with Gasteiger partial charge < -0.3 is 0 Å². The Balaban J connectivity index is 1.72. The standard InChI is InChI=1S/C23H22N4O2/c1-14-5-9-18(10-6-14)26-22(28)20(16(3)24-26)13-21-17(4)25-27(23(21)29)19-11-7-15(2)8-12-19/h5-13,24H,1-4H3/b21-13-. The van der Waals surface area contributed by atoms with Gasteiger partial charge in [-0.05, 0) is 58.0 Å². The number of carbonyl (C=O) groups is 1. The van der Waals surface area contributed by atoms with E-state index in [1.807, 2.05) is 69.3 Å². The molecule has 2 aromatic carbocycles. The molecule has 4 rings (SSSR count). The van der Waals surface area contributed by atoms with Gasteiger partial charge in [-0.15, -0.1) is 0 Å². The molecule has 1 aliphatic rings. The molecule has 0 fully saturated rings. The van der Waals surface area contributed by atoms with Crippen LogP contribution in [0.1, 0.15) is 29.3 Å². The summed E-state index contributed by atoms with van der Waals surface area (Å²) in [5.41, 5.74) is 5.62. The Labute approximate surface area is 168 Å². The fraction of sp³-hybridized carbons (Fsp3) is 0.174. The van der Waals surface area contributed by atoms with E-state index >= 15 is 0 Å². The number of nitrogens with zero attached hydrogens (tertiary/aromatic N) is 3. The second-order valence-corrected chi connectivity index (χ2v) is 7.32. The quantitative estimate of drug-likeness (QED) is 0.694. The summed E-state index contributed by atoms with van der Waals surface area (Å²) in [5.74, 6) is -0.242. The predicted molar refractivity (Wildman–Crippen MR) is 116 cm³/mol. The minimum Gasteiger partial charge on any atom is -0.295 e. The van der Waals surface area contributed by atoms with E-state index in [4.69, 9.17) is 0 Å². The summed E-state index contributed by atoms with van der Waals surface area (Å²) in [4.78, 5) is 26.0. The maximum atomic E-state index is 13.0. The van der Waals surface area contributed by atoms with Crippen molar-refractivity contribution in [2.24, 2.45) is 5.10 Å². The third-order valence-electron chi connectivity index (χ3n) is 5.04. The average Bonchev–Trinajstić information content (AvgIpc) is 3.14. The van der Waals surface area contributed by atoms with Crippen molar-refractivity contribution >= 4 is 23.4 Å². The highest BCUT2D eigenvalue weighted by Crippen LogP contribution is 2.25. The lowest BCUT2D eigenvalue weighted by atomic mass is 10.1. The van der Waals surface area contributed by atoms with Crippen LogP contribution in [0.25, 0.3) is 11.8 Å². The van der Waals surface area contributed by atoms with Gasteiger partial charge >= 0.3 is 0 Å². The maximum absolute atomic E-state index is 13.0. The lowest BCUT2D eigenvalue weighted by Gasteiger charge is -2.11. The van der Waals surface area contributed by atoms with E-state index in [9.17, 15) is 9.59 Å². The van der Waals surface area contributed by atoms with Gasteiger partial charge in [0, 0.05) is 5.69 Å². The summed E-state index contributed by atoms with van der Waals surface area (Å²) in [6.07, 6.45) is 1.63. The first-order chi connectivity index (χ1) is 13.8. The molecule has 0 radical (unpaired) electrons. The van der Waals surface area contributed by atoms with Gasteiger partial charge in [0.15, 0.2) is 0 Å². The Hall–Kier alpha value is -3.67. The lowest BCUT2D eigenvalue weighted by molar-refractivity contribution is -0.114. The smallest absolute Gasteiger partial charge is 0.280 e. The molecule has 0 aliphatic carbocycles. The number of hydrazone groups is 1. The molecule has 6 nitrogen and oxygen atoms in total. The highest BCUT2D eigenvalue weighted by molar-refractivity contribution is 6.32. The van der Waals surface area contributed by atoms with Crippen LogP contribution in [0, 0.1) is 20.8 Å². The van der Waals surface area contributed by atoms with Crippen LogP contribution in [-0.4, -0.2) is 21.4 Å².